The SMILES string of the molecule is CC1CC2CNCC2N1C(=O)/C=C/c1ccc(Cl)cc1. The Hall–Kier alpha value is -1.32. The smallest absolute Gasteiger partial charge is 0.247 e. The largest absolute Gasteiger partial charge is 0.332 e. The number of carbonyl (C=O) groups is 1. The minimum atomic E-state index is 0.114. The zero-order valence-electron chi connectivity index (χ0n) is 11.6. The molecule has 106 valence electrons. The van der Waals surface area contributed by atoms with Gasteiger partial charge in [0.15, 0.2) is 0 Å². The number of hydrogen-bond donors (Lipinski definition) is 1. The van der Waals surface area contributed by atoms with Crippen LogP contribution >= 0.6 is 11.6 Å². The van der Waals surface area contributed by atoms with Crippen molar-refractivity contribution in [2.75, 3.05) is 13.1 Å². The Morgan fingerprint density at radius 2 is 2.10 bits per heavy atom. The van der Waals surface area contributed by atoms with E-state index in [-0.39, 0.29) is 5.91 Å². The number of fused-ring (bicyclic) bond motifs is 1. The van der Waals surface area contributed by atoms with Gasteiger partial charge in [0.25, 0.3) is 0 Å². The monoisotopic (exact) mass is 290 g/mol. The maximum Gasteiger partial charge on any atom is 0.247 e. The summed E-state index contributed by atoms with van der Waals surface area (Å²) in [5, 5.41) is 4.09. The number of nitrogens with one attached hydrogen (secondary N) is 1. The highest BCUT2D eigenvalue weighted by molar-refractivity contribution is 6.30. The van der Waals surface area contributed by atoms with Crippen molar-refractivity contribution in [1.82, 2.24) is 10.2 Å². The number of rotatable bonds is 2. The molecule has 3 atom stereocenters. The molecule has 2 aliphatic rings. The van der Waals surface area contributed by atoms with Crippen molar-refractivity contribution < 1.29 is 4.79 Å². The number of halogens is 1. The van der Waals surface area contributed by atoms with E-state index in [2.05, 4.69) is 12.2 Å². The second-order valence-electron chi connectivity index (χ2n) is 5.70. The van der Waals surface area contributed by atoms with Gasteiger partial charge in [-0.1, -0.05) is 23.7 Å². The normalized spacial score (nSPS) is 29.1. The van der Waals surface area contributed by atoms with Gasteiger partial charge in [-0.25, -0.2) is 0 Å². The lowest BCUT2D eigenvalue weighted by atomic mass is 10.0. The van der Waals surface area contributed by atoms with Crippen LogP contribution in [0.25, 0.3) is 6.08 Å². The maximum atomic E-state index is 12.4. The van der Waals surface area contributed by atoms with Crippen LogP contribution in [0.2, 0.25) is 5.02 Å². The Morgan fingerprint density at radius 1 is 1.35 bits per heavy atom. The van der Waals surface area contributed by atoms with E-state index < -0.39 is 0 Å². The second-order valence-corrected chi connectivity index (χ2v) is 6.14. The molecule has 20 heavy (non-hydrogen) atoms. The van der Waals surface area contributed by atoms with E-state index in [4.69, 9.17) is 11.6 Å². The molecule has 0 radical (unpaired) electrons. The molecule has 2 heterocycles. The average molecular weight is 291 g/mol. The highest BCUT2D eigenvalue weighted by atomic mass is 35.5. The molecule has 3 unspecified atom stereocenters. The van der Waals surface area contributed by atoms with Crippen LogP contribution in [-0.2, 0) is 4.79 Å². The summed E-state index contributed by atoms with van der Waals surface area (Å²) in [4.78, 5) is 14.5. The quantitative estimate of drug-likeness (QED) is 0.849. The van der Waals surface area contributed by atoms with Gasteiger partial charge in [0.2, 0.25) is 5.91 Å². The number of amides is 1. The molecule has 3 rings (SSSR count). The standard InChI is InChI=1S/C16H19ClN2O/c1-11-8-13-9-18-10-15(13)19(11)16(20)7-4-12-2-5-14(17)6-3-12/h2-7,11,13,15,18H,8-10H2,1H3/b7-4+. The first-order chi connectivity index (χ1) is 9.65. The summed E-state index contributed by atoms with van der Waals surface area (Å²) in [5.41, 5.74) is 0.996. The van der Waals surface area contributed by atoms with Crippen LogP contribution in [0.15, 0.2) is 30.3 Å². The summed E-state index contributed by atoms with van der Waals surface area (Å²) >= 11 is 5.85. The van der Waals surface area contributed by atoms with E-state index in [1.54, 1.807) is 6.08 Å². The predicted molar refractivity (Wildman–Crippen MR) is 81.6 cm³/mol. The molecule has 0 spiro atoms. The predicted octanol–water partition coefficient (Wildman–Crippen LogP) is 2.56. The van der Waals surface area contributed by atoms with E-state index in [0.717, 1.165) is 25.1 Å². The Balaban J connectivity index is 1.71. The summed E-state index contributed by atoms with van der Waals surface area (Å²) < 4.78 is 0. The first-order valence-corrected chi connectivity index (χ1v) is 7.49. The molecule has 2 aliphatic heterocycles. The van der Waals surface area contributed by atoms with Gasteiger partial charge in [0, 0.05) is 36.3 Å². The summed E-state index contributed by atoms with van der Waals surface area (Å²) in [6.07, 6.45) is 4.65. The molecule has 1 amide bonds. The number of nitrogens with zero attached hydrogens (tertiary/aromatic N) is 1. The molecule has 0 aliphatic carbocycles. The van der Waals surface area contributed by atoms with Crippen molar-refractivity contribution in [3.63, 3.8) is 0 Å². The van der Waals surface area contributed by atoms with Crippen LogP contribution in [0.1, 0.15) is 18.9 Å². The molecule has 1 N–H and O–H groups in total. The van der Waals surface area contributed by atoms with Crippen molar-refractivity contribution >= 4 is 23.6 Å². The van der Waals surface area contributed by atoms with Gasteiger partial charge in [-0.2, -0.15) is 0 Å². The fourth-order valence-electron chi connectivity index (χ4n) is 3.37. The fourth-order valence-corrected chi connectivity index (χ4v) is 3.50. The number of likely N-dealkylation sites (tertiary alicyclic amines) is 1. The topological polar surface area (TPSA) is 32.3 Å². The zero-order valence-corrected chi connectivity index (χ0v) is 12.3. The molecular weight excluding hydrogens is 272 g/mol. The van der Waals surface area contributed by atoms with Gasteiger partial charge in [0.05, 0.1) is 0 Å². The highest BCUT2D eigenvalue weighted by Crippen LogP contribution is 2.32. The lowest BCUT2D eigenvalue weighted by Crippen LogP contribution is -2.41. The van der Waals surface area contributed by atoms with Gasteiger partial charge >= 0.3 is 0 Å². The molecule has 1 aromatic rings. The lowest BCUT2D eigenvalue weighted by Gasteiger charge is -2.26. The van der Waals surface area contributed by atoms with Crippen LogP contribution in [-0.4, -0.2) is 36.0 Å². The number of benzene rings is 1. The Kier molecular flexibility index (Phi) is 3.81. The minimum Gasteiger partial charge on any atom is -0.332 e. The van der Waals surface area contributed by atoms with Gasteiger partial charge < -0.3 is 10.2 Å². The molecule has 2 fully saturated rings. The molecule has 0 aromatic heterocycles. The Labute approximate surface area is 124 Å². The van der Waals surface area contributed by atoms with E-state index in [9.17, 15) is 4.79 Å². The molecule has 4 heteroatoms. The van der Waals surface area contributed by atoms with Crippen molar-refractivity contribution in [3.8, 4) is 0 Å². The third-order valence-corrected chi connectivity index (χ3v) is 4.58. The van der Waals surface area contributed by atoms with E-state index in [0.29, 0.717) is 23.0 Å². The molecule has 1 aromatic carbocycles. The lowest BCUT2D eigenvalue weighted by molar-refractivity contribution is -0.128. The maximum absolute atomic E-state index is 12.4. The van der Waals surface area contributed by atoms with E-state index in [1.165, 1.54) is 0 Å². The zero-order chi connectivity index (χ0) is 14.1. The average Bonchev–Trinajstić information content (AvgIpc) is 2.97. The van der Waals surface area contributed by atoms with Gasteiger partial charge in [-0.3, -0.25) is 4.79 Å². The van der Waals surface area contributed by atoms with Crippen molar-refractivity contribution in [2.24, 2.45) is 5.92 Å². The van der Waals surface area contributed by atoms with E-state index >= 15 is 0 Å². The Morgan fingerprint density at radius 3 is 2.85 bits per heavy atom. The van der Waals surface area contributed by atoms with Crippen LogP contribution in [0.3, 0.4) is 0 Å². The van der Waals surface area contributed by atoms with Crippen LogP contribution in [0.5, 0.6) is 0 Å². The van der Waals surface area contributed by atoms with Gasteiger partial charge in [0.1, 0.15) is 0 Å². The molecular formula is C16H19ClN2O. The fraction of sp³-hybridized carbons (Fsp3) is 0.438. The summed E-state index contributed by atoms with van der Waals surface area (Å²) in [6.45, 7) is 4.11. The first-order valence-electron chi connectivity index (χ1n) is 7.12. The molecule has 0 bridgehead atoms. The first kappa shape index (κ1) is 13.7. The third-order valence-electron chi connectivity index (χ3n) is 4.32. The van der Waals surface area contributed by atoms with Crippen LogP contribution in [0.4, 0.5) is 0 Å². The molecule has 0 saturated carbocycles. The van der Waals surface area contributed by atoms with Crippen molar-refractivity contribution in [3.05, 3.63) is 40.9 Å². The summed E-state index contributed by atoms with van der Waals surface area (Å²) in [6, 6.07) is 8.21. The number of carbonyl (C=O) groups excluding carboxylic acids is 1. The van der Waals surface area contributed by atoms with Crippen molar-refractivity contribution in [1.29, 1.82) is 0 Å². The third kappa shape index (κ3) is 2.60. The van der Waals surface area contributed by atoms with Gasteiger partial charge in [-0.05, 0) is 43.0 Å². The summed E-state index contributed by atoms with van der Waals surface area (Å²) in [5.74, 6) is 0.738. The molecule has 2 saturated heterocycles. The highest BCUT2D eigenvalue weighted by Gasteiger charge is 2.43. The molecule has 3 nitrogen and oxygen atoms in total. The number of hydrogen-bond acceptors (Lipinski definition) is 2. The van der Waals surface area contributed by atoms with Crippen molar-refractivity contribution in [2.45, 2.75) is 25.4 Å². The summed E-state index contributed by atoms with van der Waals surface area (Å²) in [7, 11) is 0. The second kappa shape index (κ2) is 5.58. The van der Waals surface area contributed by atoms with Gasteiger partial charge in [-0.15, -0.1) is 0 Å². The minimum absolute atomic E-state index is 0.114. The van der Waals surface area contributed by atoms with E-state index in [1.807, 2.05) is 35.2 Å². The Bertz CT molecular complexity index is 526. The van der Waals surface area contributed by atoms with Crippen LogP contribution < -0.4 is 5.32 Å². The van der Waals surface area contributed by atoms with Crippen LogP contribution in [0, 0.1) is 5.92 Å².